The summed E-state index contributed by atoms with van der Waals surface area (Å²) < 4.78 is 4.84. The van der Waals surface area contributed by atoms with Gasteiger partial charge in [0.25, 0.3) is 0 Å². The number of carbonyl (C=O) groups is 2. The maximum absolute atomic E-state index is 11.6. The predicted octanol–water partition coefficient (Wildman–Crippen LogP) is 1.11. The van der Waals surface area contributed by atoms with Crippen LogP contribution in [-0.2, 0) is 14.3 Å². The van der Waals surface area contributed by atoms with Crippen LogP contribution < -0.4 is 5.32 Å². The quantitative estimate of drug-likeness (QED) is 0.641. The van der Waals surface area contributed by atoms with Gasteiger partial charge in [-0.25, -0.2) is 4.79 Å². The molecular formula is C14H15NO3. The third-order valence-corrected chi connectivity index (χ3v) is 2.00. The number of amides is 1. The van der Waals surface area contributed by atoms with Gasteiger partial charge in [0.1, 0.15) is 0 Å². The molecule has 0 bridgehead atoms. The first-order valence-electron chi connectivity index (χ1n) is 5.63. The molecule has 0 aliphatic carbocycles. The van der Waals surface area contributed by atoms with Crippen molar-refractivity contribution < 1.29 is 14.3 Å². The fourth-order valence-corrected chi connectivity index (χ4v) is 1.26. The summed E-state index contributed by atoms with van der Waals surface area (Å²) in [5.41, 5.74) is 0.775. The van der Waals surface area contributed by atoms with Gasteiger partial charge in [-0.3, -0.25) is 4.79 Å². The van der Waals surface area contributed by atoms with Crippen molar-refractivity contribution in [2.24, 2.45) is 0 Å². The van der Waals surface area contributed by atoms with E-state index in [1.54, 1.807) is 6.92 Å². The van der Waals surface area contributed by atoms with Crippen LogP contribution in [0.5, 0.6) is 0 Å². The van der Waals surface area contributed by atoms with E-state index in [-0.39, 0.29) is 12.5 Å². The van der Waals surface area contributed by atoms with Crippen molar-refractivity contribution in [2.45, 2.75) is 19.9 Å². The van der Waals surface area contributed by atoms with E-state index in [0.29, 0.717) is 0 Å². The molecule has 94 valence electrons. The Morgan fingerprint density at radius 3 is 2.56 bits per heavy atom. The molecule has 4 nitrogen and oxygen atoms in total. The molecule has 18 heavy (non-hydrogen) atoms. The number of esters is 1. The van der Waals surface area contributed by atoms with Gasteiger partial charge in [-0.05, 0) is 19.1 Å². The van der Waals surface area contributed by atoms with Crippen molar-refractivity contribution in [3.05, 3.63) is 35.9 Å². The zero-order valence-corrected chi connectivity index (χ0v) is 10.4. The van der Waals surface area contributed by atoms with Crippen LogP contribution in [0.3, 0.4) is 0 Å². The Morgan fingerprint density at radius 2 is 2.00 bits per heavy atom. The molecule has 1 N–H and O–H groups in total. The van der Waals surface area contributed by atoms with Gasteiger partial charge in [-0.15, -0.1) is 0 Å². The van der Waals surface area contributed by atoms with Crippen LogP contribution in [-0.4, -0.2) is 24.5 Å². The second-order valence-corrected chi connectivity index (χ2v) is 3.52. The van der Waals surface area contributed by atoms with Crippen LogP contribution in [0.4, 0.5) is 0 Å². The molecule has 0 heterocycles. The van der Waals surface area contributed by atoms with Crippen molar-refractivity contribution in [1.29, 1.82) is 0 Å². The summed E-state index contributed by atoms with van der Waals surface area (Å²) in [6, 6.07) is 8.29. The molecule has 1 aromatic carbocycles. The van der Waals surface area contributed by atoms with Gasteiger partial charge >= 0.3 is 5.97 Å². The van der Waals surface area contributed by atoms with E-state index in [4.69, 9.17) is 4.74 Å². The summed E-state index contributed by atoms with van der Waals surface area (Å²) in [6.07, 6.45) is 0. The van der Waals surface area contributed by atoms with E-state index in [0.717, 1.165) is 5.56 Å². The van der Waals surface area contributed by atoms with Crippen LogP contribution in [0.2, 0.25) is 0 Å². The molecule has 0 spiro atoms. The maximum Gasteiger partial charge on any atom is 0.341 e. The molecule has 0 aliphatic heterocycles. The SMILES string of the molecule is CCOC(=O)C(C#Cc1ccccc1)NC(C)=O. The van der Waals surface area contributed by atoms with Gasteiger partial charge < -0.3 is 10.1 Å². The van der Waals surface area contributed by atoms with Gasteiger partial charge in [-0.2, -0.15) is 0 Å². The number of nitrogens with one attached hydrogen (secondary N) is 1. The van der Waals surface area contributed by atoms with Gasteiger partial charge in [0.2, 0.25) is 5.91 Å². The minimum Gasteiger partial charge on any atom is -0.464 e. The number of hydrogen-bond donors (Lipinski definition) is 1. The van der Waals surface area contributed by atoms with Crippen LogP contribution in [0.15, 0.2) is 30.3 Å². The number of ether oxygens (including phenoxy) is 1. The van der Waals surface area contributed by atoms with E-state index in [2.05, 4.69) is 17.2 Å². The fourth-order valence-electron chi connectivity index (χ4n) is 1.26. The molecule has 1 atom stereocenters. The molecule has 1 aromatic rings. The van der Waals surface area contributed by atoms with Gasteiger partial charge in [-0.1, -0.05) is 30.0 Å². The average Bonchev–Trinajstić information content (AvgIpc) is 2.35. The molecule has 0 radical (unpaired) electrons. The van der Waals surface area contributed by atoms with Crippen LogP contribution in [0.1, 0.15) is 19.4 Å². The zero-order chi connectivity index (χ0) is 13.4. The van der Waals surface area contributed by atoms with Crippen molar-refractivity contribution in [3.63, 3.8) is 0 Å². The third-order valence-electron chi connectivity index (χ3n) is 2.00. The van der Waals surface area contributed by atoms with Crippen LogP contribution in [0, 0.1) is 11.8 Å². The van der Waals surface area contributed by atoms with E-state index >= 15 is 0 Å². The maximum atomic E-state index is 11.6. The van der Waals surface area contributed by atoms with Crippen LogP contribution in [0.25, 0.3) is 0 Å². The highest BCUT2D eigenvalue weighted by atomic mass is 16.5. The summed E-state index contributed by atoms with van der Waals surface area (Å²) in [6.45, 7) is 3.28. The smallest absolute Gasteiger partial charge is 0.341 e. The lowest BCUT2D eigenvalue weighted by atomic mass is 10.2. The first kappa shape index (κ1) is 13.8. The Morgan fingerprint density at radius 1 is 1.33 bits per heavy atom. The highest BCUT2D eigenvalue weighted by molar-refractivity contribution is 5.86. The average molecular weight is 245 g/mol. The lowest BCUT2D eigenvalue weighted by molar-refractivity contribution is -0.145. The van der Waals surface area contributed by atoms with Gasteiger partial charge in [0.15, 0.2) is 6.04 Å². The van der Waals surface area contributed by atoms with E-state index < -0.39 is 12.0 Å². The second kappa shape index (κ2) is 7.13. The zero-order valence-electron chi connectivity index (χ0n) is 10.4. The monoisotopic (exact) mass is 245 g/mol. The van der Waals surface area contributed by atoms with Crippen molar-refractivity contribution in [2.75, 3.05) is 6.61 Å². The molecule has 0 fully saturated rings. The summed E-state index contributed by atoms with van der Waals surface area (Å²) in [5.74, 6) is 4.65. The van der Waals surface area contributed by atoms with Crippen LogP contribution >= 0.6 is 0 Å². The van der Waals surface area contributed by atoms with Gasteiger partial charge in [0.05, 0.1) is 6.61 Å². The first-order chi connectivity index (χ1) is 8.63. The van der Waals surface area contributed by atoms with Gasteiger partial charge in [0, 0.05) is 12.5 Å². The normalized spacial score (nSPS) is 10.8. The summed E-state index contributed by atoms with van der Waals surface area (Å²) in [7, 11) is 0. The molecule has 1 unspecified atom stereocenters. The number of rotatable bonds is 3. The highest BCUT2D eigenvalue weighted by Gasteiger charge is 2.17. The summed E-state index contributed by atoms with van der Waals surface area (Å²) >= 11 is 0. The van der Waals surface area contributed by atoms with Crippen molar-refractivity contribution in [3.8, 4) is 11.8 Å². The summed E-state index contributed by atoms with van der Waals surface area (Å²) in [4.78, 5) is 22.5. The molecule has 0 saturated heterocycles. The largest absolute Gasteiger partial charge is 0.464 e. The van der Waals surface area contributed by atoms with Crippen molar-refractivity contribution >= 4 is 11.9 Å². The lowest BCUT2D eigenvalue weighted by Crippen LogP contribution is -2.39. The number of benzene rings is 1. The van der Waals surface area contributed by atoms with Crippen molar-refractivity contribution in [1.82, 2.24) is 5.32 Å². The minimum atomic E-state index is -0.928. The predicted molar refractivity (Wildman–Crippen MR) is 67.6 cm³/mol. The Hall–Kier alpha value is -2.28. The molecular weight excluding hydrogens is 230 g/mol. The standard InChI is InChI=1S/C14H15NO3/c1-3-18-14(17)13(15-11(2)16)10-9-12-7-5-4-6-8-12/h4-8,13H,3H2,1-2H3,(H,15,16). The fraction of sp³-hybridized carbons (Fsp3) is 0.286. The Kier molecular flexibility index (Phi) is 5.46. The Balaban J connectivity index is 2.81. The molecule has 0 saturated carbocycles. The van der Waals surface area contributed by atoms with E-state index in [9.17, 15) is 9.59 Å². The topological polar surface area (TPSA) is 55.4 Å². The molecule has 0 aliphatic rings. The molecule has 0 aromatic heterocycles. The first-order valence-corrected chi connectivity index (χ1v) is 5.63. The van der Waals surface area contributed by atoms with E-state index in [1.807, 2.05) is 30.3 Å². The second-order valence-electron chi connectivity index (χ2n) is 3.52. The summed E-state index contributed by atoms with van der Waals surface area (Å²) in [5, 5.41) is 2.45. The Labute approximate surface area is 106 Å². The molecule has 4 heteroatoms. The third kappa shape index (κ3) is 4.71. The lowest BCUT2D eigenvalue weighted by Gasteiger charge is -2.09. The minimum absolute atomic E-state index is 0.252. The number of hydrogen-bond acceptors (Lipinski definition) is 3. The number of carbonyl (C=O) groups excluding carboxylic acids is 2. The molecule has 1 amide bonds. The van der Waals surface area contributed by atoms with E-state index in [1.165, 1.54) is 6.92 Å². The Bertz CT molecular complexity index is 471. The highest BCUT2D eigenvalue weighted by Crippen LogP contribution is 1.96. The molecule has 1 rings (SSSR count).